The summed E-state index contributed by atoms with van der Waals surface area (Å²) < 4.78 is 2.89. The predicted molar refractivity (Wildman–Crippen MR) is 76.8 cm³/mol. The van der Waals surface area contributed by atoms with E-state index in [1.54, 1.807) is 3.56 Å². The first-order valence-corrected chi connectivity index (χ1v) is 7.70. The molecule has 3 rings (SSSR count). The average molecular weight is 318 g/mol. The number of aliphatic hydroxyl groups is 1. The number of nitrogens with zero attached hydrogens (tertiary/aromatic N) is 1. The van der Waals surface area contributed by atoms with Crippen LogP contribution in [0.15, 0.2) is 59.4 Å². The summed E-state index contributed by atoms with van der Waals surface area (Å²) in [5, 5.41) is 10.4. The molecule has 0 aliphatic heterocycles. The topological polar surface area (TPSA) is 42.2 Å². The van der Waals surface area contributed by atoms with Gasteiger partial charge in [-0.25, -0.2) is 0 Å². The number of rotatable bonds is 3. The first-order chi connectivity index (χ1) is 9.31. The summed E-state index contributed by atoms with van der Waals surface area (Å²) in [6.07, 6.45) is 0. The Morgan fingerprint density at radius 2 is 1.74 bits per heavy atom. The fourth-order valence-electron chi connectivity index (χ4n) is 2.18. The van der Waals surface area contributed by atoms with Crippen molar-refractivity contribution in [1.82, 2.24) is 3.56 Å². The zero-order valence-corrected chi connectivity index (χ0v) is 11.9. The second kappa shape index (κ2) is 5.17. The molecule has 4 heteroatoms. The summed E-state index contributed by atoms with van der Waals surface area (Å²) in [6, 6.07) is 17.1. The molecule has 1 N–H and O–H groups in total. The number of fused-ring (bicyclic) bond motifs is 1. The zero-order chi connectivity index (χ0) is 13.2. The summed E-state index contributed by atoms with van der Waals surface area (Å²) in [7, 11) is 0. The van der Waals surface area contributed by atoms with Gasteiger partial charge in [0, 0.05) is 0 Å². The third-order valence-corrected chi connectivity index (χ3v) is 5.61. The molecule has 0 unspecified atom stereocenters. The van der Waals surface area contributed by atoms with Crippen LogP contribution in [0.2, 0.25) is 0 Å². The van der Waals surface area contributed by atoms with E-state index in [0.29, 0.717) is 0 Å². The summed E-state index contributed by atoms with van der Waals surface area (Å²) in [6.45, 7) is -0.0501. The molecule has 3 aromatic rings. The van der Waals surface area contributed by atoms with Gasteiger partial charge in [0.25, 0.3) is 0 Å². The van der Waals surface area contributed by atoms with Crippen LogP contribution in [0, 0.1) is 0 Å². The Bertz CT molecular complexity index is 745. The van der Waals surface area contributed by atoms with Crippen LogP contribution < -0.4 is 5.56 Å². The average Bonchev–Trinajstić information content (AvgIpc) is 2.79. The molecular formula is C15H13NO2Se. The van der Waals surface area contributed by atoms with Crippen LogP contribution in [0.3, 0.4) is 0 Å². The summed E-state index contributed by atoms with van der Waals surface area (Å²) in [4.78, 5) is 12.4. The molecule has 0 fully saturated rings. The van der Waals surface area contributed by atoms with Crippen molar-refractivity contribution >= 4 is 24.4 Å². The van der Waals surface area contributed by atoms with E-state index in [2.05, 4.69) is 0 Å². The number of hydrogen-bond acceptors (Lipinski definition) is 2. The number of aliphatic hydroxyl groups excluding tert-OH is 1. The molecule has 2 aromatic carbocycles. The molecule has 0 saturated heterocycles. The van der Waals surface area contributed by atoms with Crippen molar-refractivity contribution in [2.75, 3.05) is 6.61 Å². The Morgan fingerprint density at radius 1 is 1.05 bits per heavy atom. The van der Waals surface area contributed by atoms with Crippen molar-refractivity contribution in [2.24, 2.45) is 0 Å². The number of hydrogen-bond donors (Lipinski definition) is 1. The molecule has 1 heterocycles. The van der Waals surface area contributed by atoms with Crippen molar-refractivity contribution in [3.63, 3.8) is 0 Å². The van der Waals surface area contributed by atoms with Gasteiger partial charge in [-0.2, -0.15) is 0 Å². The van der Waals surface area contributed by atoms with Gasteiger partial charge in [0.2, 0.25) is 0 Å². The van der Waals surface area contributed by atoms with Gasteiger partial charge in [-0.05, 0) is 0 Å². The van der Waals surface area contributed by atoms with Gasteiger partial charge in [0.15, 0.2) is 0 Å². The van der Waals surface area contributed by atoms with Gasteiger partial charge in [-0.15, -0.1) is 0 Å². The van der Waals surface area contributed by atoms with Crippen LogP contribution in [-0.2, 0) is 0 Å². The Hall–Kier alpha value is -1.61. The van der Waals surface area contributed by atoms with Crippen LogP contribution in [0.4, 0.5) is 0 Å². The predicted octanol–water partition coefficient (Wildman–Crippen LogP) is 1.64. The molecule has 3 nitrogen and oxygen atoms in total. The molecule has 0 saturated carbocycles. The Morgan fingerprint density at radius 3 is 2.42 bits per heavy atom. The fraction of sp³-hybridized carbons (Fsp3) is 0.133. The van der Waals surface area contributed by atoms with E-state index in [1.165, 1.54) is 0 Å². The molecule has 0 amide bonds. The molecule has 0 bridgehead atoms. The van der Waals surface area contributed by atoms with Crippen LogP contribution in [0.1, 0.15) is 11.6 Å². The summed E-state index contributed by atoms with van der Waals surface area (Å²) in [5.41, 5.74) is 1.01. The second-order valence-electron chi connectivity index (χ2n) is 4.33. The molecule has 0 aliphatic rings. The molecule has 1 atom stereocenters. The SMILES string of the molecule is O=c1c2ccccc2[se]n1[C@H](CO)c1ccccc1. The van der Waals surface area contributed by atoms with E-state index >= 15 is 0 Å². The van der Waals surface area contributed by atoms with Crippen molar-refractivity contribution in [3.05, 3.63) is 70.5 Å². The van der Waals surface area contributed by atoms with Crippen molar-refractivity contribution in [1.29, 1.82) is 0 Å². The monoisotopic (exact) mass is 319 g/mol. The minimum atomic E-state index is -0.249. The Balaban J connectivity index is 2.17. The van der Waals surface area contributed by atoms with Crippen LogP contribution in [0.25, 0.3) is 9.65 Å². The first-order valence-electron chi connectivity index (χ1n) is 6.07. The van der Waals surface area contributed by atoms with Gasteiger partial charge < -0.3 is 0 Å². The van der Waals surface area contributed by atoms with Crippen molar-refractivity contribution in [2.45, 2.75) is 6.04 Å². The minimum absolute atomic E-state index is 0.0264. The molecule has 96 valence electrons. The fourth-order valence-corrected chi connectivity index (χ4v) is 4.50. The van der Waals surface area contributed by atoms with E-state index in [-0.39, 0.29) is 32.9 Å². The molecule has 0 spiro atoms. The quantitative estimate of drug-likeness (QED) is 0.746. The normalized spacial score (nSPS) is 12.7. The Kier molecular flexibility index (Phi) is 3.38. The number of benzene rings is 2. The molecule has 0 aliphatic carbocycles. The van der Waals surface area contributed by atoms with Crippen LogP contribution >= 0.6 is 0 Å². The van der Waals surface area contributed by atoms with E-state index < -0.39 is 0 Å². The van der Waals surface area contributed by atoms with Gasteiger partial charge >= 0.3 is 116 Å². The van der Waals surface area contributed by atoms with Crippen LogP contribution in [-0.4, -0.2) is 30.0 Å². The van der Waals surface area contributed by atoms with E-state index in [0.717, 1.165) is 15.2 Å². The second-order valence-corrected chi connectivity index (χ2v) is 6.46. The zero-order valence-electron chi connectivity index (χ0n) is 10.2. The summed E-state index contributed by atoms with van der Waals surface area (Å²) in [5.74, 6) is 0. The molecule has 19 heavy (non-hydrogen) atoms. The van der Waals surface area contributed by atoms with Crippen molar-refractivity contribution < 1.29 is 5.11 Å². The van der Waals surface area contributed by atoms with E-state index in [1.807, 2.05) is 54.6 Å². The van der Waals surface area contributed by atoms with Crippen molar-refractivity contribution in [3.8, 4) is 0 Å². The van der Waals surface area contributed by atoms with E-state index in [4.69, 9.17) is 0 Å². The van der Waals surface area contributed by atoms with Crippen LogP contribution in [0.5, 0.6) is 0 Å². The van der Waals surface area contributed by atoms with Gasteiger partial charge in [0.1, 0.15) is 0 Å². The number of aromatic nitrogens is 1. The van der Waals surface area contributed by atoms with Gasteiger partial charge in [-0.3, -0.25) is 0 Å². The summed E-state index contributed by atoms with van der Waals surface area (Å²) >= 11 is -0.0586. The van der Waals surface area contributed by atoms with Gasteiger partial charge in [-0.1, -0.05) is 0 Å². The Labute approximate surface area is 116 Å². The standard InChI is InChI=1S/C15H13NO2Se/c17-10-13(11-6-2-1-3-7-11)16-15(18)12-8-4-5-9-14(12)19-16/h1-9,13,17H,10H2/t13-/m1/s1. The van der Waals surface area contributed by atoms with E-state index in [9.17, 15) is 9.90 Å². The molecule has 1 aromatic heterocycles. The first kappa shape index (κ1) is 12.4. The maximum atomic E-state index is 12.4. The third kappa shape index (κ3) is 2.19. The maximum absolute atomic E-state index is 12.4. The molecular weight excluding hydrogens is 305 g/mol. The third-order valence-electron chi connectivity index (χ3n) is 3.15. The van der Waals surface area contributed by atoms with Gasteiger partial charge in [0.05, 0.1) is 0 Å². The molecule has 0 radical (unpaired) electrons.